The number of fused-ring (bicyclic) bond motifs is 5. The van der Waals surface area contributed by atoms with Crippen LogP contribution in [0.2, 0.25) is 0 Å². The third kappa shape index (κ3) is 12.0. The monoisotopic (exact) mass is 738 g/mol. The largest absolute Gasteiger partial charge is 0.480 e. The fourth-order valence-electron chi connectivity index (χ4n) is 11.6. The number of amides is 1. The number of rotatable bonds is 22. The highest BCUT2D eigenvalue weighted by molar-refractivity contribution is 5.81. The number of hydrogen-bond acceptors (Lipinski definition) is 5. The lowest BCUT2D eigenvalue weighted by atomic mass is 9.43. The summed E-state index contributed by atoms with van der Waals surface area (Å²) >= 11 is 0. The number of allylic oxidation sites excluding steroid dienone is 6. The molecule has 0 bridgehead atoms. The van der Waals surface area contributed by atoms with Crippen LogP contribution >= 0.6 is 0 Å². The third-order valence-electron chi connectivity index (χ3n) is 14.6. The first kappa shape index (κ1) is 43.3. The van der Waals surface area contributed by atoms with E-state index in [9.17, 15) is 19.5 Å². The van der Waals surface area contributed by atoms with Crippen molar-refractivity contribution in [2.24, 2.45) is 46.3 Å². The van der Waals surface area contributed by atoms with Crippen LogP contribution in [0.25, 0.3) is 0 Å². The summed E-state index contributed by atoms with van der Waals surface area (Å²) in [5.74, 6) is 1.57. The van der Waals surface area contributed by atoms with Crippen LogP contribution < -0.4 is 5.32 Å². The number of unbranched alkanes of at least 4 members (excludes halogenated alkanes) is 7. The average Bonchev–Trinajstić information content (AvgIpc) is 3.50. The van der Waals surface area contributed by atoms with E-state index in [1.807, 2.05) is 0 Å². The van der Waals surface area contributed by atoms with Crippen LogP contribution in [0.1, 0.15) is 169 Å². The Morgan fingerprint density at radius 2 is 1.49 bits per heavy atom. The molecular formula is C46H75NO6. The van der Waals surface area contributed by atoms with Crippen LogP contribution in [0.15, 0.2) is 36.5 Å². The van der Waals surface area contributed by atoms with E-state index in [2.05, 4.69) is 69.5 Å². The summed E-state index contributed by atoms with van der Waals surface area (Å²) in [4.78, 5) is 35.9. The Morgan fingerprint density at radius 1 is 0.811 bits per heavy atom. The predicted octanol–water partition coefficient (Wildman–Crippen LogP) is 10.5. The Hall–Kier alpha value is -2.41. The van der Waals surface area contributed by atoms with Crippen LogP contribution in [0.5, 0.6) is 0 Å². The van der Waals surface area contributed by atoms with Gasteiger partial charge in [-0.2, -0.15) is 0 Å². The van der Waals surface area contributed by atoms with Gasteiger partial charge < -0.3 is 20.3 Å². The number of aliphatic hydroxyl groups is 1. The van der Waals surface area contributed by atoms with Crippen LogP contribution in [0.3, 0.4) is 0 Å². The Kier molecular flexibility index (Phi) is 17.7. The Labute approximate surface area is 322 Å². The van der Waals surface area contributed by atoms with Crippen LogP contribution in [0, 0.1) is 46.3 Å². The summed E-state index contributed by atoms with van der Waals surface area (Å²) in [5, 5.41) is 23.3. The van der Waals surface area contributed by atoms with E-state index < -0.39 is 5.97 Å². The Bertz CT molecular complexity index is 1240. The van der Waals surface area contributed by atoms with E-state index in [1.165, 1.54) is 51.4 Å². The lowest BCUT2D eigenvalue weighted by Crippen LogP contribution is -2.59. The molecule has 0 aromatic rings. The fourth-order valence-corrected chi connectivity index (χ4v) is 11.6. The summed E-state index contributed by atoms with van der Waals surface area (Å²) in [6.45, 7) is 8.86. The Morgan fingerprint density at radius 3 is 2.21 bits per heavy atom. The van der Waals surface area contributed by atoms with Crippen molar-refractivity contribution in [3.63, 3.8) is 0 Å². The Balaban J connectivity index is 1.11. The fraction of sp³-hybridized carbons (Fsp3) is 0.804. The number of esters is 1. The molecule has 4 rings (SSSR count). The lowest BCUT2D eigenvalue weighted by Gasteiger charge is -2.62. The molecule has 0 radical (unpaired) electrons. The zero-order valence-corrected chi connectivity index (χ0v) is 33.9. The standard InChI is InChI=1S/C46H75NO6/c1-5-6-7-8-9-10-11-12-13-14-15-16-17-18-19-20-21-22-44(52)53-36-29-30-45(3)35(31-36)24-25-37-39-27-26-38(46(39,4)41(48)32-40(37)45)34(2)23-28-42(49)47-33-43(50)51/h6-7,9-10,12-13,34-41,48H,5,8,11,14-33H2,1-4H3,(H,47,49)(H,50,51)/b7-6-,10-9-,13-12-. The number of carbonyl (C=O) groups excluding carboxylic acids is 2. The highest BCUT2D eigenvalue weighted by Gasteiger charge is 2.63. The van der Waals surface area contributed by atoms with Crippen molar-refractivity contribution in [2.45, 2.75) is 181 Å². The third-order valence-corrected chi connectivity index (χ3v) is 14.6. The molecule has 7 heteroatoms. The minimum Gasteiger partial charge on any atom is -0.480 e. The molecule has 7 nitrogen and oxygen atoms in total. The van der Waals surface area contributed by atoms with Crippen molar-refractivity contribution in [1.29, 1.82) is 0 Å². The highest BCUT2D eigenvalue weighted by atomic mass is 16.5. The molecule has 0 spiro atoms. The minimum atomic E-state index is -1.03. The normalized spacial score (nSPS) is 33.1. The molecule has 0 heterocycles. The zero-order chi connectivity index (χ0) is 38.3. The smallest absolute Gasteiger partial charge is 0.322 e. The quantitative estimate of drug-likeness (QED) is 0.0579. The summed E-state index contributed by atoms with van der Waals surface area (Å²) in [7, 11) is 0. The lowest BCUT2D eigenvalue weighted by molar-refractivity contribution is -0.181. The molecule has 0 saturated heterocycles. The number of carboxylic acids is 1. The van der Waals surface area contributed by atoms with Gasteiger partial charge in [-0.15, -0.1) is 0 Å². The van der Waals surface area contributed by atoms with Gasteiger partial charge in [0.05, 0.1) is 6.10 Å². The molecule has 4 fully saturated rings. The van der Waals surface area contributed by atoms with Gasteiger partial charge in [0.2, 0.25) is 5.91 Å². The maximum atomic E-state index is 12.9. The van der Waals surface area contributed by atoms with Gasteiger partial charge >= 0.3 is 11.9 Å². The van der Waals surface area contributed by atoms with Crippen LogP contribution in [-0.2, 0) is 19.1 Å². The summed E-state index contributed by atoms with van der Waals surface area (Å²) in [5.41, 5.74) is 0.0358. The molecule has 4 aliphatic carbocycles. The minimum absolute atomic E-state index is 0.0133. The van der Waals surface area contributed by atoms with Crippen LogP contribution in [-0.4, -0.2) is 46.8 Å². The summed E-state index contributed by atoms with van der Waals surface area (Å²) in [6.07, 6.45) is 35.9. The SMILES string of the molecule is CC/C=C\C/C=C\C/C=C\CCCCCCCCCC(=O)OC1CCC2(C)C(CCC3C2CC(O)C2(C)C(C(C)CCC(=O)NCC(=O)O)CCC32)C1. The number of ether oxygens (including phenoxy) is 1. The second-order valence-electron chi connectivity index (χ2n) is 17.8. The van der Waals surface area contributed by atoms with Gasteiger partial charge in [-0.05, 0) is 143 Å². The van der Waals surface area contributed by atoms with E-state index >= 15 is 0 Å². The van der Waals surface area contributed by atoms with Gasteiger partial charge in [-0.1, -0.05) is 96.3 Å². The van der Waals surface area contributed by atoms with Crippen molar-refractivity contribution >= 4 is 17.8 Å². The van der Waals surface area contributed by atoms with Crippen molar-refractivity contribution in [3.05, 3.63) is 36.5 Å². The molecular weight excluding hydrogens is 663 g/mol. The van der Waals surface area contributed by atoms with Gasteiger partial charge in [-0.25, -0.2) is 0 Å². The topological polar surface area (TPSA) is 113 Å². The van der Waals surface area contributed by atoms with Crippen molar-refractivity contribution in [1.82, 2.24) is 5.32 Å². The molecule has 0 aliphatic heterocycles. The molecule has 10 atom stereocenters. The van der Waals surface area contributed by atoms with Crippen LogP contribution in [0.4, 0.5) is 0 Å². The number of nitrogens with one attached hydrogen (secondary N) is 1. The molecule has 10 unspecified atom stereocenters. The number of hydrogen-bond donors (Lipinski definition) is 3. The van der Waals surface area contributed by atoms with E-state index in [-0.39, 0.29) is 41.5 Å². The van der Waals surface area contributed by atoms with Gasteiger partial charge in [0.1, 0.15) is 12.6 Å². The van der Waals surface area contributed by atoms with E-state index in [0.717, 1.165) is 70.6 Å². The number of aliphatic hydroxyl groups excluding tert-OH is 1. The molecule has 53 heavy (non-hydrogen) atoms. The first-order valence-corrected chi connectivity index (χ1v) is 21.8. The van der Waals surface area contributed by atoms with Crippen molar-refractivity contribution in [2.75, 3.05) is 6.54 Å². The molecule has 0 aromatic carbocycles. The molecule has 4 saturated carbocycles. The molecule has 4 aliphatic rings. The first-order valence-electron chi connectivity index (χ1n) is 21.8. The van der Waals surface area contributed by atoms with Gasteiger partial charge in [0, 0.05) is 12.8 Å². The van der Waals surface area contributed by atoms with Crippen molar-refractivity contribution < 1.29 is 29.3 Å². The maximum Gasteiger partial charge on any atom is 0.322 e. The van der Waals surface area contributed by atoms with Gasteiger partial charge in [-0.3, -0.25) is 14.4 Å². The van der Waals surface area contributed by atoms with E-state index in [0.29, 0.717) is 54.8 Å². The molecule has 300 valence electrons. The highest BCUT2D eigenvalue weighted by Crippen LogP contribution is 2.68. The predicted molar refractivity (Wildman–Crippen MR) is 214 cm³/mol. The number of carbonyl (C=O) groups is 3. The number of aliphatic carboxylic acids is 1. The summed E-state index contributed by atoms with van der Waals surface area (Å²) in [6, 6.07) is 0. The molecule has 0 aromatic heterocycles. The summed E-state index contributed by atoms with van der Waals surface area (Å²) < 4.78 is 6.10. The average molecular weight is 738 g/mol. The maximum absolute atomic E-state index is 12.9. The van der Waals surface area contributed by atoms with Gasteiger partial charge in [0.25, 0.3) is 0 Å². The number of carboxylic acid groups (broad SMARTS) is 1. The second-order valence-corrected chi connectivity index (χ2v) is 17.8. The zero-order valence-electron chi connectivity index (χ0n) is 33.9. The molecule has 1 amide bonds. The second kappa shape index (κ2) is 21.6. The van der Waals surface area contributed by atoms with E-state index in [4.69, 9.17) is 9.84 Å². The first-order chi connectivity index (χ1) is 25.5. The van der Waals surface area contributed by atoms with E-state index in [1.54, 1.807) is 0 Å². The molecule has 3 N–H and O–H groups in total. The van der Waals surface area contributed by atoms with Gasteiger partial charge in [0.15, 0.2) is 0 Å². The van der Waals surface area contributed by atoms with Crippen molar-refractivity contribution in [3.8, 4) is 0 Å².